The fraction of sp³-hybridized carbons (Fsp3) is 0.571. The highest BCUT2D eigenvalue weighted by Crippen LogP contribution is 2.27. The van der Waals surface area contributed by atoms with E-state index in [1.165, 1.54) is 19.3 Å². The van der Waals surface area contributed by atoms with E-state index in [1.54, 1.807) is 32.4 Å². The zero-order valence-corrected chi connectivity index (χ0v) is 12.3. The van der Waals surface area contributed by atoms with Crippen LogP contribution in [0, 0.1) is 0 Å². The summed E-state index contributed by atoms with van der Waals surface area (Å²) < 4.78 is 26.0. The summed E-state index contributed by atoms with van der Waals surface area (Å²) in [5, 5.41) is 0. The lowest BCUT2D eigenvalue weighted by Gasteiger charge is -2.22. The van der Waals surface area contributed by atoms with E-state index in [4.69, 9.17) is 9.47 Å². The molecule has 0 heterocycles. The van der Waals surface area contributed by atoms with Crippen molar-refractivity contribution in [1.82, 2.24) is 4.72 Å². The van der Waals surface area contributed by atoms with E-state index in [9.17, 15) is 4.21 Å². The maximum Gasteiger partial charge on any atom is 0.140 e. The fourth-order valence-corrected chi connectivity index (χ4v) is 3.55. The first-order valence-electron chi connectivity index (χ1n) is 6.64. The topological polar surface area (TPSA) is 47.6 Å². The molecule has 106 valence electrons. The second-order valence-corrected chi connectivity index (χ2v) is 5.95. The third kappa shape index (κ3) is 3.70. The summed E-state index contributed by atoms with van der Waals surface area (Å²) in [6, 6.07) is 5.71. The van der Waals surface area contributed by atoms with Crippen LogP contribution in [-0.2, 0) is 11.0 Å². The monoisotopic (exact) mass is 283 g/mol. The van der Waals surface area contributed by atoms with Crippen molar-refractivity contribution in [1.29, 1.82) is 0 Å². The first-order valence-corrected chi connectivity index (χ1v) is 7.79. The standard InChI is InChI=1S/C14H21NO3S/c1-17-12-8-9-14(13(10-12)18-2)19(16)15-11-6-4-3-5-7-11/h8-11,15H,3-7H2,1-2H3/t19-/m0/s1. The Morgan fingerprint density at radius 2 is 1.89 bits per heavy atom. The highest BCUT2D eigenvalue weighted by atomic mass is 32.2. The number of nitrogens with one attached hydrogen (secondary N) is 1. The van der Waals surface area contributed by atoms with Gasteiger partial charge in [0.05, 0.1) is 19.1 Å². The molecular formula is C14H21NO3S. The zero-order valence-electron chi connectivity index (χ0n) is 11.5. The van der Waals surface area contributed by atoms with E-state index in [1.807, 2.05) is 0 Å². The lowest BCUT2D eigenvalue weighted by molar-refractivity contribution is 0.386. The summed E-state index contributed by atoms with van der Waals surface area (Å²) in [7, 11) is 1.95. The van der Waals surface area contributed by atoms with Crippen molar-refractivity contribution < 1.29 is 13.7 Å². The van der Waals surface area contributed by atoms with E-state index >= 15 is 0 Å². The second-order valence-electron chi connectivity index (χ2n) is 4.74. The van der Waals surface area contributed by atoms with Gasteiger partial charge in [-0.15, -0.1) is 0 Å². The van der Waals surface area contributed by atoms with Crippen LogP contribution in [0.3, 0.4) is 0 Å². The van der Waals surface area contributed by atoms with Crippen LogP contribution < -0.4 is 14.2 Å². The fourth-order valence-electron chi connectivity index (χ4n) is 2.36. The molecule has 19 heavy (non-hydrogen) atoms. The average Bonchev–Trinajstić information content (AvgIpc) is 2.47. The third-order valence-electron chi connectivity index (χ3n) is 3.45. The Hall–Kier alpha value is -1.07. The lowest BCUT2D eigenvalue weighted by atomic mass is 9.96. The van der Waals surface area contributed by atoms with Gasteiger partial charge in [0.1, 0.15) is 22.5 Å². The molecular weight excluding hydrogens is 262 g/mol. The van der Waals surface area contributed by atoms with Gasteiger partial charge < -0.3 is 9.47 Å². The molecule has 0 bridgehead atoms. The van der Waals surface area contributed by atoms with Crippen LogP contribution >= 0.6 is 0 Å². The highest BCUT2D eigenvalue weighted by molar-refractivity contribution is 7.83. The maximum atomic E-state index is 12.4. The molecule has 5 heteroatoms. The predicted octanol–water partition coefficient (Wildman–Crippen LogP) is 2.65. The Morgan fingerprint density at radius 1 is 1.16 bits per heavy atom. The largest absolute Gasteiger partial charge is 0.497 e. The number of ether oxygens (including phenoxy) is 2. The molecule has 0 spiro atoms. The van der Waals surface area contributed by atoms with Gasteiger partial charge in [-0.2, -0.15) is 0 Å². The molecule has 0 aromatic heterocycles. The van der Waals surface area contributed by atoms with E-state index in [2.05, 4.69) is 4.72 Å². The number of rotatable bonds is 5. The van der Waals surface area contributed by atoms with Crippen LogP contribution in [0.4, 0.5) is 0 Å². The molecule has 4 nitrogen and oxygen atoms in total. The van der Waals surface area contributed by atoms with Crippen molar-refractivity contribution >= 4 is 11.0 Å². The smallest absolute Gasteiger partial charge is 0.140 e. The Bertz CT molecular complexity index is 444. The summed E-state index contributed by atoms with van der Waals surface area (Å²) in [6.45, 7) is 0. The minimum absolute atomic E-state index is 0.349. The van der Waals surface area contributed by atoms with Gasteiger partial charge in [0.15, 0.2) is 0 Å². The highest BCUT2D eigenvalue weighted by Gasteiger charge is 2.18. The van der Waals surface area contributed by atoms with Crippen molar-refractivity contribution in [3.63, 3.8) is 0 Å². The Kier molecular flexibility index (Phi) is 5.22. The molecule has 1 aliphatic rings. The van der Waals surface area contributed by atoms with Crippen molar-refractivity contribution in [2.24, 2.45) is 0 Å². The molecule has 1 saturated carbocycles. The molecule has 1 aromatic rings. The van der Waals surface area contributed by atoms with Gasteiger partial charge in [-0.3, -0.25) is 0 Å². The van der Waals surface area contributed by atoms with Crippen LogP contribution in [0.5, 0.6) is 11.5 Å². The molecule has 1 aliphatic carbocycles. The van der Waals surface area contributed by atoms with Crippen molar-refractivity contribution in [3.05, 3.63) is 18.2 Å². The van der Waals surface area contributed by atoms with Crippen LogP contribution in [0.25, 0.3) is 0 Å². The first kappa shape index (κ1) is 14.3. The summed E-state index contributed by atoms with van der Waals surface area (Å²) in [5.41, 5.74) is 0. The Labute approximate surface area is 117 Å². The SMILES string of the molecule is COc1ccc([S@](=O)NC2CCCCC2)c(OC)c1. The number of methoxy groups -OCH3 is 2. The summed E-state index contributed by atoms with van der Waals surface area (Å²) in [6.07, 6.45) is 5.92. The number of benzene rings is 1. The molecule has 1 atom stereocenters. The van der Waals surface area contributed by atoms with Gasteiger partial charge in [0.2, 0.25) is 0 Å². The Morgan fingerprint density at radius 3 is 2.53 bits per heavy atom. The predicted molar refractivity (Wildman–Crippen MR) is 76.0 cm³/mol. The molecule has 0 unspecified atom stereocenters. The number of hydrogen-bond acceptors (Lipinski definition) is 3. The first-order chi connectivity index (χ1) is 9.24. The van der Waals surface area contributed by atoms with Crippen LogP contribution in [0.2, 0.25) is 0 Å². The van der Waals surface area contributed by atoms with Crippen LogP contribution in [0.1, 0.15) is 32.1 Å². The molecule has 0 saturated heterocycles. The van der Waals surface area contributed by atoms with Crippen LogP contribution in [0.15, 0.2) is 23.1 Å². The van der Waals surface area contributed by atoms with Crippen molar-refractivity contribution in [2.45, 2.75) is 43.0 Å². The summed E-state index contributed by atoms with van der Waals surface area (Å²) >= 11 is 0. The summed E-state index contributed by atoms with van der Waals surface area (Å²) in [4.78, 5) is 0.675. The van der Waals surface area contributed by atoms with Gasteiger partial charge in [-0.1, -0.05) is 19.3 Å². The van der Waals surface area contributed by atoms with Gasteiger partial charge in [0.25, 0.3) is 0 Å². The van der Waals surface area contributed by atoms with Crippen molar-refractivity contribution in [3.8, 4) is 11.5 Å². The minimum atomic E-state index is -1.23. The number of hydrogen-bond donors (Lipinski definition) is 1. The quantitative estimate of drug-likeness (QED) is 0.903. The Balaban J connectivity index is 2.09. The van der Waals surface area contributed by atoms with E-state index in [-0.39, 0.29) is 0 Å². The normalized spacial score (nSPS) is 18.0. The second kappa shape index (κ2) is 6.91. The van der Waals surface area contributed by atoms with E-state index < -0.39 is 11.0 Å². The molecule has 1 fully saturated rings. The lowest BCUT2D eigenvalue weighted by Crippen LogP contribution is -2.32. The molecule has 1 N–H and O–H groups in total. The van der Waals surface area contributed by atoms with Gasteiger partial charge in [-0.05, 0) is 25.0 Å². The van der Waals surface area contributed by atoms with Crippen molar-refractivity contribution in [2.75, 3.05) is 14.2 Å². The van der Waals surface area contributed by atoms with Gasteiger partial charge >= 0.3 is 0 Å². The molecule has 1 aromatic carbocycles. The molecule has 0 amide bonds. The van der Waals surface area contributed by atoms with Gasteiger partial charge in [0, 0.05) is 12.1 Å². The molecule has 2 rings (SSSR count). The average molecular weight is 283 g/mol. The van der Waals surface area contributed by atoms with Gasteiger partial charge in [-0.25, -0.2) is 8.93 Å². The van der Waals surface area contributed by atoms with E-state index in [0.29, 0.717) is 22.4 Å². The third-order valence-corrected chi connectivity index (χ3v) is 4.73. The maximum absolute atomic E-state index is 12.4. The van der Waals surface area contributed by atoms with E-state index in [0.717, 1.165) is 12.8 Å². The van der Waals surface area contributed by atoms with Crippen LogP contribution in [-0.4, -0.2) is 24.5 Å². The molecule has 0 radical (unpaired) electrons. The minimum Gasteiger partial charge on any atom is -0.497 e. The molecule has 0 aliphatic heterocycles. The summed E-state index contributed by atoms with van der Waals surface area (Å²) in [5.74, 6) is 1.30. The zero-order chi connectivity index (χ0) is 13.7.